The molecule has 0 bridgehead atoms. The Bertz CT molecular complexity index is 574. The summed E-state index contributed by atoms with van der Waals surface area (Å²) in [5.41, 5.74) is 0.636. The van der Waals surface area contributed by atoms with Crippen molar-refractivity contribution in [2.75, 3.05) is 44.8 Å². The lowest BCUT2D eigenvalue weighted by Gasteiger charge is -2.26. The zero-order valence-corrected chi connectivity index (χ0v) is 18.2. The predicted octanol–water partition coefficient (Wildman–Crippen LogP) is 5.09. The zero-order chi connectivity index (χ0) is 20.7. The van der Waals surface area contributed by atoms with Crippen LogP contribution in [0.5, 0.6) is 5.75 Å². The summed E-state index contributed by atoms with van der Waals surface area (Å²) in [6.45, 7) is 8.76. The summed E-state index contributed by atoms with van der Waals surface area (Å²) in [4.78, 5) is 15.0. The number of nitrogens with one attached hydrogen (secondary N) is 1. The Balaban J connectivity index is 1.92. The summed E-state index contributed by atoms with van der Waals surface area (Å²) in [7, 11) is 0. The Labute approximate surface area is 175 Å². The summed E-state index contributed by atoms with van der Waals surface area (Å²) in [5.74, 6) is 0.671. The van der Waals surface area contributed by atoms with Crippen LogP contribution in [0, 0.1) is 0 Å². The molecule has 1 atom stereocenters. The number of hydrogen-bond acceptors (Lipinski definition) is 5. The van der Waals surface area contributed by atoms with Crippen LogP contribution in [0.15, 0.2) is 24.3 Å². The van der Waals surface area contributed by atoms with Crippen LogP contribution in [0.4, 0.5) is 10.5 Å². The number of rotatable bonds is 12. The molecule has 29 heavy (non-hydrogen) atoms. The largest absolute Gasteiger partial charge is 0.491 e. The van der Waals surface area contributed by atoms with E-state index in [9.17, 15) is 4.79 Å². The SMILES string of the molecule is CCCCOc1ccccc1NC(=O)OC(COCCC)CN1CCCCCC1. The number of ether oxygens (including phenoxy) is 3. The second kappa shape index (κ2) is 14.2. The fourth-order valence-corrected chi connectivity index (χ4v) is 3.40. The number of hydrogen-bond donors (Lipinski definition) is 1. The van der Waals surface area contributed by atoms with Gasteiger partial charge in [0.25, 0.3) is 0 Å². The molecule has 6 nitrogen and oxygen atoms in total. The minimum Gasteiger partial charge on any atom is -0.491 e. The lowest BCUT2D eigenvalue weighted by Crippen LogP contribution is -2.39. The fourth-order valence-electron chi connectivity index (χ4n) is 3.40. The van der Waals surface area contributed by atoms with Crippen molar-refractivity contribution in [3.05, 3.63) is 24.3 Å². The third kappa shape index (κ3) is 9.50. The molecule has 164 valence electrons. The Morgan fingerprint density at radius 2 is 1.83 bits per heavy atom. The Morgan fingerprint density at radius 3 is 2.55 bits per heavy atom. The molecule has 1 saturated heterocycles. The quantitative estimate of drug-likeness (QED) is 0.490. The highest BCUT2D eigenvalue weighted by molar-refractivity contribution is 5.86. The van der Waals surface area contributed by atoms with Gasteiger partial charge in [0.1, 0.15) is 11.9 Å². The molecule has 6 heteroatoms. The molecule has 0 aliphatic carbocycles. The van der Waals surface area contributed by atoms with Crippen LogP contribution < -0.4 is 10.1 Å². The maximum absolute atomic E-state index is 12.6. The highest BCUT2D eigenvalue weighted by atomic mass is 16.6. The number of benzene rings is 1. The normalized spacial score (nSPS) is 16.1. The van der Waals surface area contributed by atoms with Gasteiger partial charge in [-0.1, -0.05) is 45.2 Å². The molecule has 2 rings (SSSR count). The van der Waals surface area contributed by atoms with E-state index in [1.165, 1.54) is 25.7 Å². The van der Waals surface area contributed by atoms with Gasteiger partial charge < -0.3 is 14.2 Å². The van der Waals surface area contributed by atoms with Crippen molar-refractivity contribution in [1.82, 2.24) is 4.90 Å². The smallest absolute Gasteiger partial charge is 0.412 e. The minimum atomic E-state index is -0.462. The lowest BCUT2D eigenvalue weighted by atomic mass is 10.2. The van der Waals surface area contributed by atoms with Crippen molar-refractivity contribution in [2.45, 2.75) is 64.9 Å². The van der Waals surface area contributed by atoms with Gasteiger partial charge in [-0.3, -0.25) is 10.2 Å². The fraction of sp³-hybridized carbons (Fsp3) is 0.696. The second-order valence-corrected chi connectivity index (χ2v) is 7.64. The maximum atomic E-state index is 12.6. The summed E-state index contributed by atoms with van der Waals surface area (Å²) in [6, 6.07) is 7.48. The van der Waals surface area contributed by atoms with E-state index in [2.05, 4.69) is 24.1 Å². The Kier molecular flexibility index (Phi) is 11.5. The number of para-hydroxylation sites is 2. The number of carbonyl (C=O) groups excluding carboxylic acids is 1. The average molecular weight is 407 g/mol. The first-order valence-electron chi connectivity index (χ1n) is 11.2. The van der Waals surface area contributed by atoms with Gasteiger partial charge in [-0.2, -0.15) is 0 Å². The molecule has 0 spiro atoms. The molecule has 1 amide bonds. The highest BCUT2D eigenvalue weighted by Gasteiger charge is 2.20. The van der Waals surface area contributed by atoms with Gasteiger partial charge in [0, 0.05) is 13.2 Å². The number of likely N-dealkylation sites (tertiary alicyclic amines) is 1. The molecule has 1 heterocycles. The number of carbonyl (C=O) groups is 1. The summed E-state index contributed by atoms with van der Waals surface area (Å²) >= 11 is 0. The molecule has 1 fully saturated rings. The molecule has 1 unspecified atom stereocenters. The topological polar surface area (TPSA) is 60.0 Å². The number of amides is 1. The van der Waals surface area contributed by atoms with Crippen molar-refractivity contribution >= 4 is 11.8 Å². The van der Waals surface area contributed by atoms with Crippen molar-refractivity contribution in [3.63, 3.8) is 0 Å². The Morgan fingerprint density at radius 1 is 1.07 bits per heavy atom. The van der Waals surface area contributed by atoms with E-state index in [-0.39, 0.29) is 6.10 Å². The van der Waals surface area contributed by atoms with E-state index in [1.54, 1.807) is 0 Å². The van der Waals surface area contributed by atoms with Crippen molar-refractivity contribution < 1.29 is 19.0 Å². The van der Waals surface area contributed by atoms with E-state index in [4.69, 9.17) is 14.2 Å². The molecule has 0 aromatic heterocycles. The molecule has 1 aliphatic rings. The maximum Gasteiger partial charge on any atom is 0.412 e. The first kappa shape index (κ1) is 23.5. The van der Waals surface area contributed by atoms with Gasteiger partial charge in [-0.05, 0) is 50.9 Å². The van der Waals surface area contributed by atoms with Crippen LogP contribution in [-0.2, 0) is 9.47 Å². The third-order valence-corrected chi connectivity index (χ3v) is 4.97. The van der Waals surface area contributed by atoms with Gasteiger partial charge >= 0.3 is 6.09 Å². The van der Waals surface area contributed by atoms with E-state index in [0.29, 0.717) is 37.8 Å². The molecular formula is C23H38N2O4. The average Bonchev–Trinajstić information content (AvgIpc) is 2.98. The first-order chi connectivity index (χ1) is 14.2. The first-order valence-corrected chi connectivity index (χ1v) is 11.2. The van der Waals surface area contributed by atoms with Crippen LogP contribution in [-0.4, -0.2) is 56.6 Å². The summed E-state index contributed by atoms with van der Waals surface area (Å²) in [5, 5.41) is 2.85. The molecule has 0 saturated carbocycles. The van der Waals surface area contributed by atoms with Crippen molar-refractivity contribution in [1.29, 1.82) is 0 Å². The molecule has 1 aromatic rings. The molecule has 1 aliphatic heterocycles. The van der Waals surface area contributed by atoms with E-state index in [0.717, 1.165) is 32.4 Å². The lowest BCUT2D eigenvalue weighted by molar-refractivity contribution is 0.00799. The van der Waals surface area contributed by atoms with E-state index < -0.39 is 6.09 Å². The molecule has 0 radical (unpaired) electrons. The van der Waals surface area contributed by atoms with Gasteiger partial charge in [0.05, 0.1) is 18.9 Å². The summed E-state index contributed by atoms with van der Waals surface area (Å²) in [6.07, 6.45) is 7.22. The van der Waals surface area contributed by atoms with Crippen LogP contribution in [0.1, 0.15) is 58.8 Å². The van der Waals surface area contributed by atoms with Crippen molar-refractivity contribution in [3.8, 4) is 5.75 Å². The molecule has 1 N–H and O–H groups in total. The second-order valence-electron chi connectivity index (χ2n) is 7.64. The van der Waals surface area contributed by atoms with E-state index >= 15 is 0 Å². The zero-order valence-electron chi connectivity index (χ0n) is 18.2. The predicted molar refractivity (Wildman–Crippen MR) is 117 cm³/mol. The van der Waals surface area contributed by atoms with Gasteiger partial charge in [-0.25, -0.2) is 4.79 Å². The highest BCUT2D eigenvalue weighted by Crippen LogP contribution is 2.24. The number of unbranched alkanes of at least 4 members (excludes halogenated alkanes) is 1. The monoisotopic (exact) mass is 406 g/mol. The van der Waals surface area contributed by atoms with Crippen LogP contribution in [0.25, 0.3) is 0 Å². The van der Waals surface area contributed by atoms with Gasteiger partial charge in [-0.15, -0.1) is 0 Å². The number of nitrogens with zero attached hydrogens (tertiary/aromatic N) is 1. The third-order valence-electron chi connectivity index (χ3n) is 4.97. The van der Waals surface area contributed by atoms with Crippen LogP contribution in [0.2, 0.25) is 0 Å². The minimum absolute atomic E-state index is 0.284. The van der Waals surface area contributed by atoms with Gasteiger partial charge in [0.2, 0.25) is 0 Å². The molecule has 1 aromatic carbocycles. The number of anilines is 1. The molecular weight excluding hydrogens is 368 g/mol. The van der Waals surface area contributed by atoms with Crippen LogP contribution >= 0.6 is 0 Å². The summed E-state index contributed by atoms with van der Waals surface area (Å²) < 4.78 is 17.2. The van der Waals surface area contributed by atoms with Crippen molar-refractivity contribution in [2.24, 2.45) is 0 Å². The van der Waals surface area contributed by atoms with E-state index in [1.807, 2.05) is 24.3 Å². The van der Waals surface area contributed by atoms with Crippen LogP contribution in [0.3, 0.4) is 0 Å². The van der Waals surface area contributed by atoms with Gasteiger partial charge in [0.15, 0.2) is 0 Å². The Hall–Kier alpha value is -1.79. The standard InChI is InChI=1S/C23H38N2O4/c1-3-5-17-28-22-13-9-8-12-21(22)24-23(26)29-20(19-27-16-4-2)18-25-14-10-6-7-11-15-25/h8-9,12-13,20H,3-7,10-11,14-19H2,1-2H3,(H,24,26).